The number of alkyl halides is 3. The number of piperazine rings is 1. The zero-order valence-electron chi connectivity index (χ0n) is 37.9. The minimum absolute atomic E-state index is 0.0111. The number of hydrogen-bond donors (Lipinski definition) is 4. The summed E-state index contributed by atoms with van der Waals surface area (Å²) in [5, 5.41) is 39.0. The second-order valence-electron chi connectivity index (χ2n) is 18.7. The van der Waals surface area contributed by atoms with Gasteiger partial charge in [0.15, 0.2) is 23.6 Å². The number of carbonyl (C=O) groups is 6. The van der Waals surface area contributed by atoms with Crippen molar-refractivity contribution in [1.29, 1.82) is 0 Å². The van der Waals surface area contributed by atoms with Crippen molar-refractivity contribution in [2.24, 2.45) is 16.7 Å². The molecular weight excluding hydrogens is 892 g/mol. The fourth-order valence-electron chi connectivity index (χ4n) is 10.8. The fourth-order valence-corrected chi connectivity index (χ4v) is 10.8. The lowest BCUT2D eigenvalue weighted by Crippen LogP contribution is -2.82. The number of nitrogens with one attached hydrogen (secondary N) is 1. The number of nitrogens with zero attached hydrogens (tertiary/aromatic N) is 2. The van der Waals surface area contributed by atoms with Crippen LogP contribution in [-0.2, 0) is 42.9 Å². The van der Waals surface area contributed by atoms with E-state index in [0.29, 0.717) is 13.1 Å². The van der Waals surface area contributed by atoms with Crippen LogP contribution < -0.4 is 5.32 Å². The van der Waals surface area contributed by atoms with Gasteiger partial charge < -0.3 is 53.6 Å². The van der Waals surface area contributed by atoms with Gasteiger partial charge in [-0.15, -0.1) is 0 Å². The van der Waals surface area contributed by atoms with Gasteiger partial charge in [0.1, 0.15) is 35.7 Å². The van der Waals surface area contributed by atoms with E-state index < -0.39 is 131 Å². The molecule has 67 heavy (non-hydrogen) atoms. The number of furan rings is 1. The van der Waals surface area contributed by atoms with Gasteiger partial charge in [-0.2, -0.15) is 13.2 Å². The number of halogens is 3. The molecule has 2 bridgehead atoms. The van der Waals surface area contributed by atoms with E-state index in [1.807, 2.05) is 6.92 Å². The Kier molecular flexibility index (Phi) is 13.5. The van der Waals surface area contributed by atoms with Crippen molar-refractivity contribution in [3.05, 3.63) is 71.2 Å². The number of carbonyl (C=O) groups excluding carboxylic acids is 6. The van der Waals surface area contributed by atoms with E-state index in [1.54, 1.807) is 23.5 Å². The number of benzene rings is 1. The summed E-state index contributed by atoms with van der Waals surface area (Å²) in [5.74, 6) is -9.13. The van der Waals surface area contributed by atoms with Crippen molar-refractivity contribution in [2.45, 2.75) is 121 Å². The second-order valence-corrected chi connectivity index (χ2v) is 18.7. The SMILES string of the molecule is CCCN1CCN(C(=O)O[C@H]2C(=O)[C@@]3(C)C([C@H](OC(=O)c4ccccc4)[C@]4(O)C[C@H](OC(=O)[C@H](O)[C@H](NC(=O)C(F)(F)F)c5ccco5)C(C)=C2C4(C)C)[C@]2(OC(C)=O)CO[C@@H]2C[C@@H]3O)CC1. The summed E-state index contributed by atoms with van der Waals surface area (Å²) < 4.78 is 76.1. The van der Waals surface area contributed by atoms with E-state index in [-0.39, 0.29) is 36.2 Å². The first-order chi connectivity index (χ1) is 31.4. The van der Waals surface area contributed by atoms with Crippen LogP contribution in [0, 0.1) is 16.7 Å². The lowest BCUT2D eigenvalue weighted by Gasteiger charge is -2.67. The molecule has 1 unspecified atom stereocenters. The Morgan fingerprint density at radius 2 is 1.66 bits per heavy atom. The lowest BCUT2D eigenvalue weighted by atomic mass is 9.44. The first kappa shape index (κ1) is 49.6. The van der Waals surface area contributed by atoms with Gasteiger partial charge in [-0.3, -0.25) is 19.3 Å². The summed E-state index contributed by atoms with van der Waals surface area (Å²) in [6.07, 6.45) is -16.6. The van der Waals surface area contributed by atoms with Crippen LogP contribution in [0.5, 0.6) is 0 Å². The maximum atomic E-state index is 15.9. The Labute approximate surface area is 383 Å². The summed E-state index contributed by atoms with van der Waals surface area (Å²) >= 11 is 0. The number of Topliss-reactive ketones (excluding diaryl/α,β-unsaturated/α-hetero) is 1. The summed E-state index contributed by atoms with van der Waals surface area (Å²) in [5.41, 5.74) is -8.63. The summed E-state index contributed by atoms with van der Waals surface area (Å²) in [6.45, 7) is 10.6. The highest BCUT2D eigenvalue weighted by Crippen LogP contribution is 2.64. The Bertz CT molecular complexity index is 2260. The van der Waals surface area contributed by atoms with Crippen molar-refractivity contribution in [2.75, 3.05) is 39.3 Å². The second kappa shape index (κ2) is 18.3. The van der Waals surface area contributed by atoms with E-state index in [4.69, 9.17) is 28.1 Å². The molecule has 2 amide bonds. The minimum Gasteiger partial charge on any atom is -0.467 e. The summed E-state index contributed by atoms with van der Waals surface area (Å²) in [4.78, 5) is 87.5. The highest BCUT2D eigenvalue weighted by Gasteiger charge is 2.78. The first-order valence-corrected chi connectivity index (χ1v) is 22.1. The Balaban J connectivity index is 1.41. The average Bonchev–Trinajstić information content (AvgIpc) is 3.81. The lowest BCUT2D eigenvalue weighted by molar-refractivity contribution is -0.345. The molecule has 7 rings (SSSR count). The largest absolute Gasteiger partial charge is 0.471 e. The normalized spacial score (nSPS) is 32.5. The molecular formula is C46H56F3N3O15. The number of ketones is 1. The predicted octanol–water partition coefficient (Wildman–Crippen LogP) is 3.18. The molecule has 2 aliphatic heterocycles. The molecule has 4 fully saturated rings. The Morgan fingerprint density at radius 3 is 2.22 bits per heavy atom. The molecule has 4 N–H and O–H groups in total. The smallest absolute Gasteiger partial charge is 0.467 e. The van der Waals surface area contributed by atoms with Crippen molar-refractivity contribution in [1.82, 2.24) is 15.1 Å². The monoisotopic (exact) mass is 947 g/mol. The molecule has 1 aromatic heterocycles. The van der Waals surface area contributed by atoms with Gasteiger partial charge in [0.2, 0.25) is 0 Å². The van der Waals surface area contributed by atoms with E-state index in [1.165, 1.54) is 50.8 Å². The molecule has 21 heteroatoms. The number of amides is 2. The maximum absolute atomic E-state index is 15.9. The Hall–Kier alpha value is -5.35. The third-order valence-electron chi connectivity index (χ3n) is 14.5. The van der Waals surface area contributed by atoms with Crippen molar-refractivity contribution >= 4 is 35.7 Å². The molecule has 366 valence electrons. The van der Waals surface area contributed by atoms with Crippen LogP contribution in [0.2, 0.25) is 0 Å². The Morgan fingerprint density at radius 1 is 0.985 bits per heavy atom. The number of rotatable bonds is 11. The van der Waals surface area contributed by atoms with Crippen LogP contribution in [-0.4, -0.2) is 154 Å². The van der Waals surface area contributed by atoms with Crippen molar-refractivity contribution in [3.8, 4) is 0 Å². The number of aliphatic hydroxyl groups is 3. The molecule has 3 heterocycles. The van der Waals surface area contributed by atoms with Crippen molar-refractivity contribution < 1.29 is 85.4 Å². The van der Waals surface area contributed by atoms with E-state index in [9.17, 15) is 52.5 Å². The predicted molar refractivity (Wildman–Crippen MR) is 223 cm³/mol. The standard InChI is InChI=1S/C46H56F3N3O15/c1-7-15-51-16-18-52(19-17-51)41(60)65-34-31-24(2)28(64-39(58)33(55)32(27-14-11-20-62-27)50-40(59)46(47,48)49)22-45(61,42(31,4)5)37(66-38(57)26-12-9-8-10-13-26)35-43(6,36(34)56)29(54)21-30-44(35,23-63-30)67-25(3)53/h8-14,20,28-30,32-35,37,54-55,61H,7,15-19,21-23H2,1-6H3,(H,50,59)/t28-,29-,30+,32+,33+,34+,35?,37-,43+,44-,45+/m0/s1. The molecule has 11 atom stereocenters. The van der Waals surface area contributed by atoms with Crippen LogP contribution in [0.1, 0.15) is 83.0 Å². The number of fused-ring (bicyclic) bond motifs is 5. The van der Waals surface area contributed by atoms with Crippen LogP contribution in [0.3, 0.4) is 0 Å². The molecule has 3 aliphatic carbocycles. The number of esters is 3. The van der Waals surface area contributed by atoms with Crippen molar-refractivity contribution in [3.63, 3.8) is 0 Å². The van der Waals surface area contributed by atoms with Crippen LogP contribution >= 0.6 is 0 Å². The zero-order chi connectivity index (χ0) is 49.0. The molecule has 2 saturated carbocycles. The van der Waals surface area contributed by atoms with Crippen LogP contribution in [0.15, 0.2) is 64.3 Å². The van der Waals surface area contributed by atoms with E-state index in [2.05, 4.69) is 4.90 Å². The van der Waals surface area contributed by atoms with E-state index in [0.717, 1.165) is 32.2 Å². The van der Waals surface area contributed by atoms with Gasteiger partial charge in [-0.05, 0) is 62.2 Å². The van der Waals surface area contributed by atoms with Crippen LogP contribution in [0.4, 0.5) is 18.0 Å². The molecule has 2 aromatic rings. The highest BCUT2D eigenvalue weighted by atomic mass is 19.4. The molecule has 1 aromatic carbocycles. The number of hydrogen-bond acceptors (Lipinski definition) is 16. The third kappa shape index (κ3) is 8.61. The average molecular weight is 948 g/mol. The van der Waals surface area contributed by atoms with Gasteiger partial charge in [-0.1, -0.05) is 39.0 Å². The van der Waals surface area contributed by atoms with Crippen LogP contribution in [0.25, 0.3) is 0 Å². The maximum Gasteiger partial charge on any atom is 0.471 e. The number of ether oxygens (including phenoxy) is 5. The fraction of sp³-hybridized carbons (Fsp3) is 0.609. The number of aliphatic hydroxyl groups excluding tert-OH is 2. The molecule has 2 saturated heterocycles. The van der Waals surface area contributed by atoms with Gasteiger partial charge in [0, 0.05) is 51.4 Å². The topological polar surface area (TPSA) is 241 Å². The summed E-state index contributed by atoms with van der Waals surface area (Å²) in [6, 6.07) is 7.74. The highest BCUT2D eigenvalue weighted by molar-refractivity contribution is 5.96. The van der Waals surface area contributed by atoms with Gasteiger partial charge in [-0.25, -0.2) is 14.4 Å². The molecule has 18 nitrogen and oxygen atoms in total. The van der Waals surface area contributed by atoms with Gasteiger partial charge in [0.05, 0.1) is 35.9 Å². The van der Waals surface area contributed by atoms with E-state index >= 15 is 4.79 Å². The van der Waals surface area contributed by atoms with Gasteiger partial charge in [0.25, 0.3) is 0 Å². The molecule has 0 spiro atoms. The molecule has 0 radical (unpaired) electrons. The third-order valence-corrected chi connectivity index (χ3v) is 14.5. The first-order valence-electron chi connectivity index (χ1n) is 22.1. The molecule has 5 aliphatic rings. The summed E-state index contributed by atoms with van der Waals surface area (Å²) in [7, 11) is 0. The van der Waals surface area contributed by atoms with Gasteiger partial charge >= 0.3 is 36.1 Å². The quantitative estimate of drug-likeness (QED) is 0.144. The minimum atomic E-state index is -5.45. The zero-order valence-corrected chi connectivity index (χ0v) is 37.9.